The number of nitrogens with one attached hydrogen (secondary N) is 1. The second-order valence-corrected chi connectivity index (χ2v) is 4.20. The normalized spacial score (nSPS) is 10.0. The van der Waals surface area contributed by atoms with E-state index in [1.165, 1.54) is 12.3 Å². The summed E-state index contributed by atoms with van der Waals surface area (Å²) in [6.45, 7) is 0.428. The molecule has 0 saturated carbocycles. The van der Waals surface area contributed by atoms with E-state index < -0.39 is 11.9 Å². The van der Waals surface area contributed by atoms with Crippen molar-refractivity contribution in [3.63, 3.8) is 0 Å². The average molecular weight is 269 g/mol. The Kier molecular flexibility index (Phi) is 4.44. The van der Waals surface area contributed by atoms with Gasteiger partial charge in [-0.05, 0) is 18.1 Å². The van der Waals surface area contributed by atoms with Crippen molar-refractivity contribution in [1.82, 2.24) is 10.3 Å². The molecule has 0 radical (unpaired) electrons. The molecule has 2 rings (SSSR count). The maximum Gasteiger partial charge on any atom is 0.252 e. The van der Waals surface area contributed by atoms with E-state index in [1.807, 2.05) is 30.3 Å². The molecule has 102 valence electrons. The van der Waals surface area contributed by atoms with Gasteiger partial charge in [-0.15, -0.1) is 0 Å². The Balaban J connectivity index is 1.97. The molecule has 0 aliphatic carbocycles. The SMILES string of the molecule is O=C([O-])c1cnccc1C(=O)NCCc1ccccc1. The fourth-order valence-corrected chi connectivity index (χ4v) is 1.82. The van der Waals surface area contributed by atoms with Crippen LogP contribution in [-0.4, -0.2) is 23.4 Å². The van der Waals surface area contributed by atoms with Crippen LogP contribution in [-0.2, 0) is 6.42 Å². The molecule has 0 spiro atoms. The lowest BCUT2D eigenvalue weighted by Gasteiger charge is -2.10. The Morgan fingerprint density at radius 3 is 2.55 bits per heavy atom. The minimum atomic E-state index is -1.41. The van der Waals surface area contributed by atoms with Gasteiger partial charge in [0.1, 0.15) is 0 Å². The monoisotopic (exact) mass is 269 g/mol. The van der Waals surface area contributed by atoms with Gasteiger partial charge in [0.05, 0.1) is 11.5 Å². The fourth-order valence-electron chi connectivity index (χ4n) is 1.82. The van der Waals surface area contributed by atoms with E-state index in [0.717, 1.165) is 11.8 Å². The molecule has 5 heteroatoms. The quantitative estimate of drug-likeness (QED) is 0.852. The van der Waals surface area contributed by atoms with E-state index in [0.29, 0.717) is 13.0 Å². The molecular formula is C15H13N2O3-. The minimum Gasteiger partial charge on any atom is -0.545 e. The Morgan fingerprint density at radius 2 is 1.85 bits per heavy atom. The zero-order valence-electron chi connectivity index (χ0n) is 10.7. The summed E-state index contributed by atoms with van der Waals surface area (Å²) in [6.07, 6.45) is 3.16. The number of amides is 1. The number of hydrogen-bond donors (Lipinski definition) is 1. The number of rotatable bonds is 5. The molecule has 1 N–H and O–H groups in total. The van der Waals surface area contributed by atoms with Gasteiger partial charge in [-0.25, -0.2) is 0 Å². The van der Waals surface area contributed by atoms with E-state index in [9.17, 15) is 14.7 Å². The molecule has 2 aromatic rings. The highest BCUT2D eigenvalue weighted by Gasteiger charge is 2.11. The lowest BCUT2D eigenvalue weighted by molar-refractivity contribution is -0.255. The first-order chi connectivity index (χ1) is 9.68. The summed E-state index contributed by atoms with van der Waals surface area (Å²) in [5.74, 6) is -1.85. The second-order valence-electron chi connectivity index (χ2n) is 4.20. The first kappa shape index (κ1) is 13.7. The number of nitrogens with zero attached hydrogens (tertiary/aromatic N) is 1. The smallest absolute Gasteiger partial charge is 0.252 e. The van der Waals surface area contributed by atoms with Crippen molar-refractivity contribution in [3.05, 3.63) is 65.5 Å². The van der Waals surface area contributed by atoms with Gasteiger partial charge in [-0.3, -0.25) is 9.78 Å². The third-order valence-corrected chi connectivity index (χ3v) is 2.83. The van der Waals surface area contributed by atoms with E-state index in [1.54, 1.807) is 0 Å². The van der Waals surface area contributed by atoms with E-state index in [2.05, 4.69) is 10.3 Å². The van der Waals surface area contributed by atoms with Crippen molar-refractivity contribution in [3.8, 4) is 0 Å². The van der Waals surface area contributed by atoms with Gasteiger partial charge in [-0.2, -0.15) is 0 Å². The molecule has 0 unspecified atom stereocenters. The summed E-state index contributed by atoms with van der Waals surface area (Å²) in [5.41, 5.74) is 0.959. The molecular weight excluding hydrogens is 256 g/mol. The molecule has 0 aliphatic heterocycles. The molecule has 1 amide bonds. The van der Waals surface area contributed by atoms with Crippen LogP contribution >= 0.6 is 0 Å². The summed E-state index contributed by atoms with van der Waals surface area (Å²) < 4.78 is 0. The highest BCUT2D eigenvalue weighted by atomic mass is 16.4. The summed E-state index contributed by atoms with van der Waals surface area (Å²) in [5, 5.41) is 13.6. The van der Waals surface area contributed by atoms with Gasteiger partial charge >= 0.3 is 0 Å². The van der Waals surface area contributed by atoms with Crippen molar-refractivity contribution >= 4 is 11.9 Å². The molecule has 5 nitrogen and oxygen atoms in total. The number of aromatic carboxylic acids is 1. The van der Waals surface area contributed by atoms with Gasteiger partial charge in [0.15, 0.2) is 0 Å². The van der Waals surface area contributed by atoms with Gasteiger partial charge < -0.3 is 15.2 Å². The Bertz CT molecular complexity index is 612. The minimum absolute atomic E-state index is 0.0630. The van der Waals surface area contributed by atoms with Gasteiger partial charge in [0.25, 0.3) is 5.91 Å². The molecule has 0 fully saturated rings. The first-order valence-corrected chi connectivity index (χ1v) is 6.16. The van der Waals surface area contributed by atoms with Crippen molar-refractivity contribution in [2.75, 3.05) is 6.54 Å². The Morgan fingerprint density at radius 1 is 1.10 bits per heavy atom. The number of carboxylic acid groups (broad SMARTS) is 1. The van der Waals surface area contributed by atoms with Crippen LogP contribution in [0.2, 0.25) is 0 Å². The highest BCUT2D eigenvalue weighted by Crippen LogP contribution is 2.06. The number of hydrogen-bond acceptors (Lipinski definition) is 4. The maximum atomic E-state index is 11.9. The lowest BCUT2D eigenvalue weighted by Crippen LogP contribution is -2.30. The van der Waals surface area contributed by atoms with Crippen LogP contribution in [0.5, 0.6) is 0 Å². The third kappa shape index (κ3) is 3.41. The Labute approximate surface area is 116 Å². The number of aromatic nitrogens is 1. The summed E-state index contributed by atoms with van der Waals surface area (Å²) >= 11 is 0. The number of pyridine rings is 1. The zero-order chi connectivity index (χ0) is 14.4. The number of carbonyl (C=O) groups excluding carboxylic acids is 2. The van der Waals surface area contributed by atoms with Crippen LogP contribution < -0.4 is 10.4 Å². The first-order valence-electron chi connectivity index (χ1n) is 6.16. The molecule has 20 heavy (non-hydrogen) atoms. The standard InChI is InChI=1S/C15H14N2O3/c18-14(12-7-8-16-10-13(12)15(19)20)17-9-6-11-4-2-1-3-5-11/h1-5,7-8,10H,6,9H2,(H,17,18)(H,19,20)/p-1. The largest absolute Gasteiger partial charge is 0.545 e. The number of benzene rings is 1. The molecule has 0 saturated heterocycles. The molecule has 0 aliphatic rings. The van der Waals surface area contributed by atoms with Crippen LogP contribution in [0.1, 0.15) is 26.3 Å². The topological polar surface area (TPSA) is 82.1 Å². The van der Waals surface area contributed by atoms with E-state index in [-0.39, 0.29) is 11.1 Å². The summed E-state index contributed by atoms with van der Waals surface area (Å²) in [4.78, 5) is 26.5. The average Bonchev–Trinajstić information content (AvgIpc) is 2.48. The number of carboxylic acids is 1. The van der Waals surface area contributed by atoms with Gasteiger partial charge in [0, 0.05) is 24.5 Å². The third-order valence-electron chi connectivity index (χ3n) is 2.83. The van der Waals surface area contributed by atoms with Crippen LogP contribution in [0, 0.1) is 0 Å². The zero-order valence-corrected chi connectivity index (χ0v) is 10.7. The molecule has 0 atom stereocenters. The predicted octanol–water partition coefficient (Wildman–Crippen LogP) is 0.418. The molecule has 0 bridgehead atoms. The van der Waals surface area contributed by atoms with Gasteiger partial charge in [0.2, 0.25) is 0 Å². The molecule has 1 aromatic heterocycles. The second kappa shape index (κ2) is 6.47. The lowest BCUT2D eigenvalue weighted by atomic mass is 10.1. The Hall–Kier alpha value is -2.69. The van der Waals surface area contributed by atoms with Crippen LogP contribution in [0.15, 0.2) is 48.8 Å². The number of carbonyl (C=O) groups is 2. The van der Waals surface area contributed by atoms with Crippen molar-refractivity contribution in [2.24, 2.45) is 0 Å². The van der Waals surface area contributed by atoms with Crippen LogP contribution in [0.3, 0.4) is 0 Å². The van der Waals surface area contributed by atoms with Crippen LogP contribution in [0.4, 0.5) is 0 Å². The van der Waals surface area contributed by atoms with Crippen molar-refractivity contribution in [1.29, 1.82) is 0 Å². The molecule has 1 aromatic carbocycles. The van der Waals surface area contributed by atoms with Crippen molar-refractivity contribution < 1.29 is 14.7 Å². The highest BCUT2D eigenvalue weighted by molar-refractivity contribution is 6.03. The maximum absolute atomic E-state index is 11.9. The summed E-state index contributed by atoms with van der Waals surface area (Å²) in [7, 11) is 0. The van der Waals surface area contributed by atoms with E-state index >= 15 is 0 Å². The van der Waals surface area contributed by atoms with Crippen molar-refractivity contribution in [2.45, 2.75) is 6.42 Å². The molecule has 1 heterocycles. The predicted molar refractivity (Wildman–Crippen MR) is 71.0 cm³/mol. The van der Waals surface area contributed by atoms with E-state index in [4.69, 9.17) is 0 Å². The van der Waals surface area contributed by atoms with Crippen LogP contribution in [0.25, 0.3) is 0 Å². The fraction of sp³-hybridized carbons (Fsp3) is 0.133. The van der Waals surface area contributed by atoms with Gasteiger partial charge in [-0.1, -0.05) is 30.3 Å². The summed E-state index contributed by atoms with van der Waals surface area (Å²) in [6, 6.07) is 11.1.